The van der Waals surface area contributed by atoms with E-state index in [1.165, 1.54) is 31.2 Å². The third-order valence-corrected chi connectivity index (χ3v) is 10.2. The lowest BCUT2D eigenvalue weighted by atomic mass is 9.90. The Hall–Kier alpha value is -3.01. The van der Waals surface area contributed by atoms with Gasteiger partial charge in [-0.1, -0.05) is 13.8 Å². The Balaban J connectivity index is 1.23. The van der Waals surface area contributed by atoms with Gasteiger partial charge < -0.3 is 9.64 Å². The molecule has 9 nitrogen and oxygen atoms in total. The quantitative estimate of drug-likeness (QED) is 0.366. The molecule has 2 bridgehead atoms. The van der Waals surface area contributed by atoms with Crippen LogP contribution in [-0.2, 0) is 7.05 Å². The fourth-order valence-electron chi connectivity index (χ4n) is 7.53. The predicted octanol–water partition coefficient (Wildman–Crippen LogP) is 5.43. The highest BCUT2D eigenvalue weighted by atomic mass is 32.2. The smallest absolute Gasteiger partial charge is 0.265 e. The number of nitrogens with zero attached hydrogens (tertiary/aromatic N) is 6. The van der Waals surface area contributed by atoms with Crippen molar-refractivity contribution in [2.24, 2.45) is 36.6 Å². The second-order valence-corrected chi connectivity index (χ2v) is 13.7. The van der Waals surface area contributed by atoms with E-state index in [-0.39, 0.29) is 11.4 Å². The number of nitrogens with one attached hydrogen (secondary N) is 1. The lowest BCUT2D eigenvalue weighted by Gasteiger charge is -2.34. The number of pyridine rings is 1. The van der Waals surface area contributed by atoms with Crippen molar-refractivity contribution in [3.8, 4) is 11.7 Å². The van der Waals surface area contributed by atoms with Crippen LogP contribution in [0.25, 0.3) is 5.82 Å². The Morgan fingerprint density at radius 3 is 2.67 bits per heavy atom. The normalized spacial score (nSPS) is 26.9. The molecule has 3 aromatic rings. The Morgan fingerprint density at radius 1 is 1.20 bits per heavy atom. The minimum atomic E-state index is -0.178. The van der Waals surface area contributed by atoms with E-state index in [1.807, 2.05) is 44.6 Å². The van der Waals surface area contributed by atoms with Crippen molar-refractivity contribution in [3.63, 3.8) is 0 Å². The maximum atomic E-state index is 13.5. The number of rotatable bonds is 8. The summed E-state index contributed by atoms with van der Waals surface area (Å²) < 4.78 is 12.7. The Bertz CT molecular complexity index is 1400. The molecule has 2 saturated carbocycles. The molecule has 2 aliphatic carbocycles. The maximum absolute atomic E-state index is 13.5. The highest BCUT2D eigenvalue weighted by Crippen LogP contribution is 2.52. The number of ether oxygens (including phenoxy) is 1. The molecule has 40 heavy (non-hydrogen) atoms. The van der Waals surface area contributed by atoms with Gasteiger partial charge in [0.25, 0.3) is 5.91 Å². The summed E-state index contributed by atoms with van der Waals surface area (Å²) in [6.07, 6.45) is 8.86. The fraction of sp³-hybridized carbons (Fsp3) is 0.600. The van der Waals surface area contributed by atoms with Crippen LogP contribution in [-0.4, -0.2) is 49.1 Å². The largest absolute Gasteiger partial charge is 0.476 e. The first-order chi connectivity index (χ1) is 19.1. The van der Waals surface area contributed by atoms with Crippen LogP contribution in [0.15, 0.2) is 35.5 Å². The number of carbonyl (C=O) groups is 1. The third kappa shape index (κ3) is 5.10. The van der Waals surface area contributed by atoms with E-state index < -0.39 is 0 Å². The van der Waals surface area contributed by atoms with Crippen molar-refractivity contribution in [1.29, 1.82) is 0 Å². The van der Waals surface area contributed by atoms with Gasteiger partial charge in [-0.3, -0.25) is 14.2 Å². The number of amides is 1. The lowest BCUT2D eigenvalue weighted by molar-refractivity contribution is 0.0984. The zero-order chi connectivity index (χ0) is 28.2. The molecular formula is C30H41N7O2S. The SMILES string of the molecule is Cc1nn(C)cc1SNC(=O)c1ccc(-n2ccc(OCC3C4CCC3C(C)C4)n2)nc1N1CC(C)CC1(C)C. The zero-order valence-corrected chi connectivity index (χ0v) is 25.2. The molecule has 214 valence electrons. The Labute approximate surface area is 241 Å². The number of aryl methyl sites for hydroxylation is 2. The van der Waals surface area contributed by atoms with Crippen molar-refractivity contribution < 1.29 is 9.53 Å². The number of hydrogen-bond donors (Lipinski definition) is 1. The summed E-state index contributed by atoms with van der Waals surface area (Å²) in [5.41, 5.74) is 1.31. The molecule has 6 rings (SSSR count). The average molecular weight is 564 g/mol. The van der Waals surface area contributed by atoms with Crippen molar-refractivity contribution >= 4 is 23.7 Å². The molecule has 0 spiro atoms. The second kappa shape index (κ2) is 10.4. The molecule has 1 N–H and O–H groups in total. The van der Waals surface area contributed by atoms with Crippen molar-refractivity contribution in [1.82, 2.24) is 29.3 Å². The highest BCUT2D eigenvalue weighted by molar-refractivity contribution is 7.98. The van der Waals surface area contributed by atoms with Crippen LogP contribution in [0, 0.1) is 36.5 Å². The van der Waals surface area contributed by atoms with E-state index in [4.69, 9.17) is 14.8 Å². The van der Waals surface area contributed by atoms with Gasteiger partial charge in [0.1, 0.15) is 5.82 Å². The number of hydrogen-bond acceptors (Lipinski definition) is 7. The molecule has 0 aromatic carbocycles. The van der Waals surface area contributed by atoms with Gasteiger partial charge in [0.2, 0.25) is 5.88 Å². The molecule has 1 saturated heterocycles. The Morgan fingerprint density at radius 2 is 2.02 bits per heavy atom. The van der Waals surface area contributed by atoms with Crippen LogP contribution in [0.1, 0.15) is 69.4 Å². The maximum Gasteiger partial charge on any atom is 0.265 e. The van der Waals surface area contributed by atoms with Gasteiger partial charge in [0.15, 0.2) is 5.82 Å². The first-order valence-electron chi connectivity index (χ1n) is 14.5. The van der Waals surface area contributed by atoms with Gasteiger partial charge in [-0.25, -0.2) is 9.67 Å². The van der Waals surface area contributed by atoms with Gasteiger partial charge in [-0.2, -0.15) is 5.10 Å². The lowest BCUT2D eigenvalue weighted by Crippen LogP contribution is -2.40. The number of fused-ring (bicyclic) bond motifs is 2. The van der Waals surface area contributed by atoms with E-state index in [9.17, 15) is 4.79 Å². The summed E-state index contributed by atoms with van der Waals surface area (Å²) in [7, 11) is 1.88. The van der Waals surface area contributed by atoms with Gasteiger partial charge >= 0.3 is 0 Å². The van der Waals surface area contributed by atoms with E-state index in [1.54, 1.807) is 9.36 Å². The molecule has 1 amide bonds. The van der Waals surface area contributed by atoms with Crippen LogP contribution in [0.2, 0.25) is 0 Å². The van der Waals surface area contributed by atoms with E-state index >= 15 is 0 Å². The van der Waals surface area contributed by atoms with E-state index in [0.29, 0.717) is 34.9 Å². The molecule has 5 atom stereocenters. The molecule has 4 heterocycles. The number of aromatic nitrogens is 5. The summed E-state index contributed by atoms with van der Waals surface area (Å²) >= 11 is 1.28. The first kappa shape index (κ1) is 27.2. The highest BCUT2D eigenvalue weighted by Gasteiger charge is 2.46. The van der Waals surface area contributed by atoms with Crippen LogP contribution in [0.3, 0.4) is 0 Å². The minimum absolute atomic E-state index is 0.122. The van der Waals surface area contributed by atoms with Gasteiger partial charge in [-0.15, -0.1) is 5.10 Å². The third-order valence-electron chi connectivity index (χ3n) is 9.31. The topological polar surface area (TPSA) is 90.1 Å². The van der Waals surface area contributed by atoms with Gasteiger partial charge in [0, 0.05) is 37.6 Å². The second-order valence-electron chi connectivity index (χ2n) is 12.8. The summed E-state index contributed by atoms with van der Waals surface area (Å²) in [4.78, 5) is 21.7. The van der Waals surface area contributed by atoms with Crippen molar-refractivity contribution in [2.45, 2.75) is 70.7 Å². The average Bonchev–Trinajstić information content (AvgIpc) is 3.70. The van der Waals surface area contributed by atoms with E-state index in [0.717, 1.165) is 47.9 Å². The molecule has 5 unspecified atom stereocenters. The van der Waals surface area contributed by atoms with Gasteiger partial charge in [-0.05, 0) is 100 Å². The summed E-state index contributed by atoms with van der Waals surface area (Å²) in [5, 5.41) is 9.08. The molecule has 3 fully saturated rings. The standard InChI is InChI=1S/C30H41N7O2S/c1-18-14-30(4,5)36(15-18)28-23(29(38)34-40-25-16-35(6)32-20(25)3)9-10-26(31-28)37-12-11-27(33-37)39-17-24-21-7-8-22(24)19(2)13-21/h9-12,16,18-19,21-22,24H,7-8,13-15,17H2,1-6H3,(H,34,38). The molecule has 0 radical (unpaired) electrons. The van der Waals surface area contributed by atoms with Crippen LogP contribution >= 0.6 is 11.9 Å². The summed E-state index contributed by atoms with van der Waals surface area (Å²) in [5.74, 6) is 5.36. The monoisotopic (exact) mass is 563 g/mol. The van der Waals surface area contributed by atoms with Crippen LogP contribution in [0.4, 0.5) is 5.82 Å². The molecular weight excluding hydrogens is 522 g/mol. The Kier molecular flexibility index (Phi) is 7.09. The molecule has 3 aromatic heterocycles. The molecule has 1 aliphatic heterocycles. The van der Waals surface area contributed by atoms with Gasteiger partial charge in [0.05, 0.1) is 22.8 Å². The number of anilines is 1. The minimum Gasteiger partial charge on any atom is -0.476 e. The summed E-state index contributed by atoms with van der Waals surface area (Å²) in [6.45, 7) is 12.6. The van der Waals surface area contributed by atoms with Crippen LogP contribution in [0.5, 0.6) is 5.88 Å². The van der Waals surface area contributed by atoms with E-state index in [2.05, 4.69) is 42.4 Å². The number of carbonyl (C=O) groups excluding carboxylic acids is 1. The zero-order valence-electron chi connectivity index (χ0n) is 24.4. The van der Waals surface area contributed by atoms with Crippen molar-refractivity contribution in [2.75, 3.05) is 18.1 Å². The summed E-state index contributed by atoms with van der Waals surface area (Å²) in [6, 6.07) is 5.64. The first-order valence-corrected chi connectivity index (χ1v) is 15.4. The molecule has 3 aliphatic rings. The predicted molar refractivity (Wildman–Crippen MR) is 157 cm³/mol. The van der Waals surface area contributed by atoms with Crippen molar-refractivity contribution in [3.05, 3.63) is 41.9 Å². The van der Waals surface area contributed by atoms with Crippen LogP contribution < -0.4 is 14.4 Å². The molecule has 10 heteroatoms. The fourth-order valence-corrected chi connectivity index (χ4v) is 8.24.